The lowest BCUT2D eigenvalue weighted by Crippen LogP contribution is -2.52. The zero-order valence-corrected chi connectivity index (χ0v) is 34.6. The molecule has 0 aromatic heterocycles. The summed E-state index contributed by atoms with van der Waals surface area (Å²) in [6.07, 6.45) is -8.06. The number of sulfone groups is 1. The number of benzene rings is 2. The molecule has 2 amide bonds. The molecule has 4 atom stereocenters. The van der Waals surface area contributed by atoms with Gasteiger partial charge in [-0.05, 0) is 62.9 Å². The van der Waals surface area contributed by atoms with Gasteiger partial charge in [0.05, 0.1) is 42.3 Å². The van der Waals surface area contributed by atoms with Crippen LogP contribution in [0.4, 0.5) is 30.7 Å². The number of alkyl halides is 7. The summed E-state index contributed by atoms with van der Waals surface area (Å²) in [5, 5.41) is -0.684. The van der Waals surface area contributed by atoms with Gasteiger partial charge in [-0.2, -0.15) is 30.7 Å². The summed E-state index contributed by atoms with van der Waals surface area (Å²) >= 11 is 5.87. The monoisotopic (exact) mass is 886 g/mol. The van der Waals surface area contributed by atoms with E-state index in [0.717, 1.165) is 22.3 Å². The lowest BCUT2D eigenvalue weighted by molar-refractivity contribution is -0.167. The van der Waals surface area contributed by atoms with Gasteiger partial charge in [0.1, 0.15) is 12.3 Å². The fraction of sp³-hybridized carbons (Fsp3) is 0.564. The van der Waals surface area contributed by atoms with Crippen molar-refractivity contribution in [2.24, 2.45) is 17.8 Å². The van der Waals surface area contributed by atoms with Crippen LogP contribution in [0.1, 0.15) is 65.0 Å². The molecule has 1 heterocycles. The SMILES string of the molecule is COc1ccc(CS(=O)(=O)[C@@H]2C[C@@H](C(=O)C[C@H](C(=O)C(F)(F)C(=O)NCC(F)(F)F)C(C)C)N(C(=O)[C@H](COC(C)(C)C)CC(=O)C(F)(F)c3cccc(Cl)c3)C2)cc1. The van der Waals surface area contributed by atoms with E-state index in [2.05, 4.69) is 0 Å². The van der Waals surface area contributed by atoms with Crippen molar-refractivity contribution in [1.82, 2.24) is 10.2 Å². The van der Waals surface area contributed by atoms with Crippen LogP contribution in [0.25, 0.3) is 0 Å². The maximum Gasteiger partial charge on any atom is 0.405 e. The molecule has 1 fully saturated rings. The highest BCUT2D eigenvalue weighted by atomic mass is 35.5. The van der Waals surface area contributed by atoms with E-state index in [1.807, 2.05) is 0 Å². The number of carbonyl (C=O) groups excluding carboxylic acids is 5. The van der Waals surface area contributed by atoms with E-state index in [4.69, 9.17) is 21.1 Å². The smallest absolute Gasteiger partial charge is 0.405 e. The number of rotatable bonds is 19. The summed E-state index contributed by atoms with van der Waals surface area (Å²) in [5.74, 6) is -23.2. The minimum absolute atomic E-state index is 0.114. The first-order chi connectivity index (χ1) is 27.0. The number of likely N-dealkylation sites (tertiary alicyclic amines) is 1. The molecule has 0 bridgehead atoms. The molecular formula is C39H46ClF7N2O9S. The molecule has 2 aromatic carbocycles. The number of Topliss-reactive ketones (excluding diaryl/α,β-unsaturated/α-hetero) is 3. The Morgan fingerprint density at radius 2 is 1.54 bits per heavy atom. The van der Waals surface area contributed by atoms with Gasteiger partial charge in [0.25, 0.3) is 5.91 Å². The quantitative estimate of drug-likeness (QED) is 0.123. The molecule has 0 aliphatic carbocycles. The summed E-state index contributed by atoms with van der Waals surface area (Å²) in [6, 6.07) is 8.34. The first-order valence-corrected chi connectivity index (χ1v) is 20.4. The third-order valence-corrected chi connectivity index (χ3v) is 11.9. The van der Waals surface area contributed by atoms with Gasteiger partial charge in [-0.15, -0.1) is 0 Å². The van der Waals surface area contributed by atoms with E-state index >= 15 is 17.6 Å². The number of ether oxygens (including phenoxy) is 2. The summed E-state index contributed by atoms with van der Waals surface area (Å²) in [7, 11) is -2.89. The van der Waals surface area contributed by atoms with Crippen LogP contribution in [0.3, 0.4) is 0 Å². The van der Waals surface area contributed by atoms with Crippen molar-refractivity contribution in [2.75, 3.05) is 26.8 Å². The van der Waals surface area contributed by atoms with Gasteiger partial charge in [-0.25, -0.2) is 8.42 Å². The normalized spacial score (nSPS) is 17.7. The van der Waals surface area contributed by atoms with Crippen LogP contribution < -0.4 is 10.1 Å². The molecule has 20 heteroatoms. The number of carbonyl (C=O) groups is 5. The Balaban J connectivity index is 2.05. The number of methoxy groups -OCH3 is 1. The minimum atomic E-state index is -5.10. The molecule has 3 rings (SSSR count). The topological polar surface area (TPSA) is 153 Å². The second-order valence-electron chi connectivity index (χ2n) is 15.6. The van der Waals surface area contributed by atoms with E-state index in [1.54, 1.807) is 20.8 Å². The average molecular weight is 887 g/mol. The number of hydrogen-bond donors (Lipinski definition) is 1. The molecule has 0 radical (unpaired) electrons. The molecule has 1 N–H and O–H groups in total. The van der Waals surface area contributed by atoms with Crippen molar-refractivity contribution in [1.29, 1.82) is 0 Å². The lowest BCUT2D eigenvalue weighted by atomic mass is 9.82. The zero-order chi connectivity index (χ0) is 44.9. The van der Waals surface area contributed by atoms with E-state index in [-0.39, 0.29) is 10.6 Å². The third-order valence-electron chi connectivity index (χ3n) is 9.59. The summed E-state index contributed by atoms with van der Waals surface area (Å²) < 4.78 is 138. The molecular weight excluding hydrogens is 841 g/mol. The Bertz CT molecular complexity index is 1970. The second kappa shape index (κ2) is 19.1. The van der Waals surface area contributed by atoms with E-state index in [9.17, 15) is 45.6 Å². The van der Waals surface area contributed by atoms with Crippen LogP contribution in [-0.4, -0.2) is 98.3 Å². The highest BCUT2D eigenvalue weighted by molar-refractivity contribution is 7.91. The molecule has 0 saturated carbocycles. The fourth-order valence-electron chi connectivity index (χ4n) is 6.30. The highest BCUT2D eigenvalue weighted by Crippen LogP contribution is 2.36. The number of nitrogens with zero attached hydrogens (tertiary/aromatic N) is 1. The van der Waals surface area contributed by atoms with Gasteiger partial charge >= 0.3 is 18.0 Å². The van der Waals surface area contributed by atoms with E-state index in [1.165, 1.54) is 57.4 Å². The van der Waals surface area contributed by atoms with Crippen molar-refractivity contribution >= 4 is 50.6 Å². The van der Waals surface area contributed by atoms with Crippen molar-refractivity contribution in [2.45, 2.75) is 94.5 Å². The van der Waals surface area contributed by atoms with Crippen molar-refractivity contribution in [3.63, 3.8) is 0 Å². The molecule has 1 aliphatic rings. The Hall–Kier alpha value is -4.10. The third kappa shape index (κ3) is 13.2. The van der Waals surface area contributed by atoms with Crippen LogP contribution >= 0.6 is 11.6 Å². The Morgan fingerprint density at radius 3 is 2.07 bits per heavy atom. The van der Waals surface area contributed by atoms with Crippen molar-refractivity contribution in [3.05, 3.63) is 64.7 Å². The molecule has 2 aromatic rings. The van der Waals surface area contributed by atoms with Gasteiger partial charge in [0.2, 0.25) is 17.5 Å². The van der Waals surface area contributed by atoms with Gasteiger partial charge < -0.3 is 19.7 Å². The summed E-state index contributed by atoms with van der Waals surface area (Å²) in [4.78, 5) is 67.7. The molecule has 11 nitrogen and oxygen atoms in total. The van der Waals surface area contributed by atoms with E-state index < -0.39 is 142 Å². The van der Waals surface area contributed by atoms with Crippen LogP contribution in [0.15, 0.2) is 48.5 Å². The first-order valence-electron chi connectivity index (χ1n) is 18.3. The molecule has 1 saturated heterocycles. The van der Waals surface area contributed by atoms with Crippen LogP contribution in [-0.2, 0) is 50.2 Å². The van der Waals surface area contributed by atoms with Crippen molar-refractivity contribution < 1.29 is 72.6 Å². The number of halogens is 8. The largest absolute Gasteiger partial charge is 0.497 e. The number of amides is 2. The Kier molecular flexibility index (Phi) is 15.9. The van der Waals surface area contributed by atoms with E-state index in [0.29, 0.717) is 5.75 Å². The summed E-state index contributed by atoms with van der Waals surface area (Å²) in [5.41, 5.74) is -1.52. The van der Waals surface area contributed by atoms with Gasteiger partial charge in [0, 0.05) is 35.9 Å². The molecule has 59 heavy (non-hydrogen) atoms. The van der Waals surface area contributed by atoms with Gasteiger partial charge in [-0.3, -0.25) is 24.0 Å². The Labute approximate surface area is 342 Å². The maximum atomic E-state index is 15.5. The van der Waals surface area contributed by atoms with Crippen LogP contribution in [0, 0.1) is 17.8 Å². The maximum absolute atomic E-state index is 15.5. The molecule has 328 valence electrons. The fourth-order valence-corrected chi connectivity index (χ4v) is 8.24. The summed E-state index contributed by atoms with van der Waals surface area (Å²) in [6.45, 7) is 3.52. The standard InChI is InChI=1S/C39H46ClF7N2O9S/c1-22(2)29(33(52)39(46,47)35(54)48-21-37(41,42)43)17-31(50)30-16-28(59(55,56)20-23-10-12-27(57-6)13-11-23)18-49(30)34(53)24(19-58-36(3,4)5)14-32(51)38(44,45)25-8-7-9-26(40)15-25/h7-13,15,22,24,28-30H,14,16-21H2,1-6H3,(H,48,54)/t24-,28+,29-,30-/m0/s1. The number of ketones is 3. The first kappa shape index (κ1) is 49.3. The molecule has 1 aliphatic heterocycles. The second-order valence-corrected chi connectivity index (χ2v) is 18.3. The predicted molar refractivity (Wildman–Crippen MR) is 201 cm³/mol. The van der Waals surface area contributed by atoms with Crippen molar-refractivity contribution in [3.8, 4) is 5.75 Å². The predicted octanol–water partition coefficient (Wildman–Crippen LogP) is 6.53. The molecule has 0 unspecified atom stereocenters. The average Bonchev–Trinajstić information content (AvgIpc) is 3.60. The molecule has 0 spiro atoms. The zero-order valence-electron chi connectivity index (χ0n) is 33.0. The highest BCUT2D eigenvalue weighted by Gasteiger charge is 2.53. The van der Waals surface area contributed by atoms with Crippen LogP contribution in [0.2, 0.25) is 5.02 Å². The number of nitrogens with one attached hydrogen (secondary N) is 1. The van der Waals surface area contributed by atoms with Gasteiger partial charge in [0.15, 0.2) is 15.6 Å². The van der Waals surface area contributed by atoms with Crippen LogP contribution in [0.5, 0.6) is 5.75 Å². The van der Waals surface area contributed by atoms with Gasteiger partial charge in [-0.1, -0.05) is 49.7 Å². The minimum Gasteiger partial charge on any atom is -0.497 e. The lowest BCUT2D eigenvalue weighted by Gasteiger charge is -2.31. The Morgan fingerprint density at radius 1 is 0.932 bits per heavy atom. The number of hydrogen-bond acceptors (Lipinski definition) is 9.